The van der Waals surface area contributed by atoms with Crippen LogP contribution in [0.1, 0.15) is 0 Å². The highest BCUT2D eigenvalue weighted by molar-refractivity contribution is 7.62. The van der Waals surface area contributed by atoms with E-state index in [1.165, 1.54) is 36.4 Å². The van der Waals surface area contributed by atoms with Crippen molar-refractivity contribution in [1.82, 2.24) is 0 Å². The van der Waals surface area contributed by atoms with E-state index in [1.54, 1.807) is 6.07 Å². The lowest BCUT2D eigenvalue weighted by Gasteiger charge is -2.16. The summed E-state index contributed by atoms with van der Waals surface area (Å²) in [7, 11) is -8.86. The van der Waals surface area contributed by atoms with Crippen LogP contribution in [0, 0.1) is 6.07 Å². The molecule has 105 valence electrons. The Kier molecular flexibility index (Phi) is 4.14. The van der Waals surface area contributed by atoms with Gasteiger partial charge in [-0.3, -0.25) is 4.57 Å². The summed E-state index contributed by atoms with van der Waals surface area (Å²) in [5.74, 6) is -0.330. The Morgan fingerprint density at radius 1 is 0.950 bits per heavy atom. The van der Waals surface area contributed by atoms with Crippen LogP contribution >= 0.6 is 15.2 Å². The minimum Gasteiger partial charge on any atom is -0.420 e. The van der Waals surface area contributed by atoms with Gasteiger partial charge in [0.25, 0.3) is 0 Å². The summed E-state index contributed by atoms with van der Waals surface area (Å²) in [6.45, 7) is 0. The number of benzene rings is 2. The summed E-state index contributed by atoms with van der Waals surface area (Å²) in [4.78, 5) is 28.3. The molecule has 0 fully saturated rings. The van der Waals surface area contributed by atoms with Gasteiger partial charge in [0, 0.05) is 0 Å². The lowest BCUT2D eigenvalue weighted by molar-refractivity contribution is 0.382. The van der Waals surface area contributed by atoms with E-state index in [0.29, 0.717) is 0 Å². The molecule has 0 bridgehead atoms. The Bertz CT molecular complexity index is 694. The van der Waals surface area contributed by atoms with Crippen molar-refractivity contribution in [3.63, 3.8) is 0 Å². The van der Waals surface area contributed by atoms with Crippen molar-refractivity contribution in [3.8, 4) is 5.75 Å². The molecule has 0 aliphatic rings. The normalized spacial score (nSPS) is 14.6. The summed E-state index contributed by atoms with van der Waals surface area (Å²) in [5.41, 5.74) is 0. The van der Waals surface area contributed by atoms with E-state index in [9.17, 15) is 23.8 Å². The van der Waals surface area contributed by atoms with Crippen LogP contribution in [0.5, 0.6) is 5.75 Å². The highest BCUT2D eigenvalue weighted by atomic mass is 31.2. The molecule has 0 heterocycles. The number of hydrogen-bond donors (Lipinski definition) is 3. The van der Waals surface area contributed by atoms with Gasteiger partial charge in [0.2, 0.25) is 0 Å². The van der Waals surface area contributed by atoms with Crippen LogP contribution in [0.4, 0.5) is 0 Å². The van der Waals surface area contributed by atoms with Crippen LogP contribution in [-0.4, -0.2) is 14.7 Å². The molecule has 0 aromatic heterocycles. The maximum Gasteiger partial charge on any atom is 0.408 e. The molecule has 20 heavy (non-hydrogen) atoms. The van der Waals surface area contributed by atoms with Gasteiger partial charge < -0.3 is 19.2 Å². The molecule has 1 unspecified atom stereocenters. The third-order valence-corrected chi connectivity index (χ3v) is 4.73. The molecular formula is C12H11O6P2. The number of hydrogen-bond acceptors (Lipinski definition) is 3. The van der Waals surface area contributed by atoms with Crippen LogP contribution in [0.25, 0.3) is 0 Å². The highest BCUT2D eigenvalue weighted by Gasteiger charge is 2.29. The largest absolute Gasteiger partial charge is 0.420 e. The fraction of sp³-hybridized carbons (Fsp3) is 0. The molecular weight excluding hydrogens is 302 g/mol. The van der Waals surface area contributed by atoms with Gasteiger partial charge >= 0.3 is 15.2 Å². The quantitative estimate of drug-likeness (QED) is 0.732. The van der Waals surface area contributed by atoms with Crippen LogP contribution in [0.2, 0.25) is 0 Å². The van der Waals surface area contributed by atoms with Crippen LogP contribution in [0.3, 0.4) is 0 Å². The predicted octanol–water partition coefficient (Wildman–Crippen LogP) is 1.18. The first kappa shape index (κ1) is 15.0. The summed E-state index contributed by atoms with van der Waals surface area (Å²) in [6.07, 6.45) is 0. The molecule has 0 spiro atoms. The van der Waals surface area contributed by atoms with Gasteiger partial charge in [-0.2, -0.15) is 0 Å². The molecule has 0 amide bonds. The zero-order valence-electron chi connectivity index (χ0n) is 10.1. The third kappa shape index (κ3) is 3.37. The van der Waals surface area contributed by atoms with Crippen molar-refractivity contribution in [2.45, 2.75) is 0 Å². The molecule has 1 radical (unpaired) electrons. The SMILES string of the molecule is O=P(O)(O)c1ccccc1OP(=O)(O)c1[c]cccc1. The summed E-state index contributed by atoms with van der Waals surface area (Å²) < 4.78 is 28.4. The Labute approximate surface area is 115 Å². The molecule has 0 saturated carbocycles. The Morgan fingerprint density at radius 3 is 2.20 bits per heavy atom. The van der Waals surface area contributed by atoms with E-state index in [2.05, 4.69) is 6.07 Å². The zero-order chi connectivity index (χ0) is 14.8. The second-order valence-corrected chi connectivity index (χ2v) is 7.15. The predicted molar refractivity (Wildman–Crippen MR) is 73.5 cm³/mol. The maximum atomic E-state index is 12.1. The molecule has 2 aromatic carbocycles. The average molecular weight is 313 g/mol. The molecule has 2 rings (SSSR count). The van der Waals surface area contributed by atoms with E-state index in [1.807, 2.05) is 0 Å². The van der Waals surface area contributed by atoms with E-state index < -0.39 is 20.5 Å². The molecule has 6 nitrogen and oxygen atoms in total. The Morgan fingerprint density at radius 2 is 1.60 bits per heavy atom. The first-order chi connectivity index (χ1) is 9.31. The highest BCUT2D eigenvalue weighted by Crippen LogP contribution is 2.45. The van der Waals surface area contributed by atoms with Crippen molar-refractivity contribution in [3.05, 3.63) is 54.6 Å². The van der Waals surface area contributed by atoms with Crippen molar-refractivity contribution in [2.24, 2.45) is 0 Å². The molecule has 0 aliphatic carbocycles. The lowest BCUT2D eigenvalue weighted by atomic mass is 10.3. The minimum atomic E-state index is -4.60. The monoisotopic (exact) mass is 313 g/mol. The zero-order valence-corrected chi connectivity index (χ0v) is 11.9. The van der Waals surface area contributed by atoms with E-state index in [4.69, 9.17) is 4.52 Å². The smallest absolute Gasteiger partial charge is 0.408 e. The van der Waals surface area contributed by atoms with Crippen molar-refractivity contribution >= 4 is 25.8 Å². The second kappa shape index (κ2) is 5.52. The Balaban J connectivity index is 2.41. The van der Waals surface area contributed by atoms with E-state index >= 15 is 0 Å². The first-order valence-corrected chi connectivity index (χ1v) is 8.64. The van der Waals surface area contributed by atoms with Crippen LogP contribution in [0.15, 0.2) is 48.5 Å². The van der Waals surface area contributed by atoms with Gasteiger partial charge in [-0.25, -0.2) is 4.57 Å². The topological polar surface area (TPSA) is 104 Å². The summed E-state index contributed by atoms with van der Waals surface area (Å²) >= 11 is 0. The summed E-state index contributed by atoms with van der Waals surface area (Å²) in [5, 5.41) is -0.522. The van der Waals surface area contributed by atoms with E-state index in [0.717, 1.165) is 6.07 Å². The van der Waals surface area contributed by atoms with Crippen LogP contribution in [-0.2, 0) is 9.13 Å². The van der Waals surface area contributed by atoms with Crippen molar-refractivity contribution in [2.75, 3.05) is 0 Å². The molecule has 3 N–H and O–H groups in total. The van der Waals surface area contributed by atoms with Gasteiger partial charge in [-0.05, 0) is 24.3 Å². The van der Waals surface area contributed by atoms with Gasteiger partial charge in [0.05, 0.1) is 5.30 Å². The average Bonchev–Trinajstić information content (AvgIpc) is 2.39. The number of rotatable bonds is 4. The summed E-state index contributed by atoms with van der Waals surface area (Å²) in [6, 6.07) is 13.7. The van der Waals surface area contributed by atoms with Gasteiger partial charge in [0.15, 0.2) is 0 Å². The van der Waals surface area contributed by atoms with Crippen LogP contribution < -0.4 is 15.1 Å². The fourth-order valence-electron chi connectivity index (χ4n) is 1.52. The maximum absolute atomic E-state index is 12.1. The Hall–Kier alpha value is -1.42. The van der Waals surface area contributed by atoms with E-state index in [-0.39, 0.29) is 11.1 Å². The first-order valence-electron chi connectivity index (χ1n) is 5.45. The molecule has 1 atom stereocenters. The fourth-order valence-corrected chi connectivity index (χ4v) is 3.31. The number of para-hydroxylation sites is 1. The van der Waals surface area contributed by atoms with Crippen molar-refractivity contribution in [1.29, 1.82) is 0 Å². The second-order valence-electron chi connectivity index (χ2n) is 3.87. The molecule has 0 saturated heterocycles. The third-order valence-electron chi connectivity index (χ3n) is 2.40. The minimum absolute atomic E-state index is 0.0829. The van der Waals surface area contributed by atoms with Gasteiger partial charge in [0.1, 0.15) is 11.1 Å². The van der Waals surface area contributed by atoms with Gasteiger partial charge in [-0.1, -0.05) is 30.3 Å². The molecule has 0 aliphatic heterocycles. The lowest BCUT2D eigenvalue weighted by Crippen LogP contribution is -2.14. The standard InChI is InChI=1S/C12H11O6P2/c13-19(14,15)12-9-5-4-8-11(12)18-20(16,17)10-6-2-1-3-7-10/h1-6,8-9H,(H,16,17)(H2,13,14,15). The van der Waals surface area contributed by atoms with Crippen molar-refractivity contribution < 1.29 is 28.3 Å². The van der Waals surface area contributed by atoms with Gasteiger partial charge in [-0.15, -0.1) is 0 Å². The molecule has 2 aromatic rings. The molecule has 8 heteroatoms.